The second kappa shape index (κ2) is 8.50. The van der Waals surface area contributed by atoms with Gasteiger partial charge in [-0.1, -0.05) is 60.0 Å². The van der Waals surface area contributed by atoms with Crippen LogP contribution in [0.5, 0.6) is 0 Å². The van der Waals surface area contributed by atoms with Crippen LogP contribution in [0.4, 0.5) is 0 Å². The minimum atomic E-state index is -0.281. The van der Waals surface area contributed by atoms with Gasteiger partial charge in [0.15, 0.2) is 0 Å². The molecule has 1 heterocycles. The Morgan fingerprint density at radius 2 is 1.87 bits per heavy atom. The van der Waals surface area contributed by atoms with Gasteiger partial charge in [0.05, 0.1) is 0 Å². The highest BCUT2D eigenvalue weighted by Gasteiger charge is 2.60. The first kappa shape index (κ1) is 23.3. The Labute approximate surface area is 191 Å². The number of hydrogen-bond donors (Lipinski definition) is 0. The van der Waals surface area contributed by atoms with Gasteiger partial charge in [-0.15, -0.1) is 0 Å². The minimum Gasteiger partial charge on any atom is -0.372 e. The van der Waals surface area contributed by atoms with Crippen molar-refractivity contribution in [3.05, 3.63) is 11.8 Å². The molecule has 3 fully saturated rings. The first-order chi connectivity index (χ1) is 14.6. The summed E-state index contributed by atoms with van der Waals surface area (Å²) in [6.45, 7) is 12.4. The van der Waals surface area contributed by atoms with Gasteiger partial charge in [-0.25, -0.2) is 0 Å². The van der Waals surface area contributed by atoms with Crippen LogP contribution in [-0.4, -0.2) is 31.1 Å². The van der Waals surface area contributed by atoms with Crippen molar-refractivity contribution < 1.29 is 9.53 Å². The molecule has 3 nitrogen and oxygen atoms in total. The van der Waals surface area contributed by atoms with E-state index < -0.39 is 0 Å². The molecule has 176 valence electrons. The average Bonchev–Trinajstić information content (AvgIpc) is 3.07. The third kappa shape index (κ3) is 3.71. The first-order valence-electron chi connectivity index (χ1n) is 13.1. The Bertz CT molecular complexity index is 714. The predicted octanol–water partition coefficient (Wildman–Crippen LogP) is 6.68. The molecule has 1 aliphatic heterocycles. The van der Waals surface area contributed by atoms with Crippen molar-refractivity contribution in [1.29, 1.82) is 0 Å². The van der Waals surface area contributed by atoms with Crippen molar-refractivity contribution >= 4 is 5.91 Å². The van der Waals surface area contributed by atoms with Gasteiger partial charge in [0.2, 0.25) is 0 Å². The maximum absolute atomic E-state index is 12.8. The number of carbonyl (C=O) groups is 1. The van der Waals surface area contributed by atoms with E-state index in [-0.39, 0.29) is 17.4 Å². The minimum absolute atomic E-state index is 0.0779. The van der Waals surface area contributed by atoms with E-state index in [2.05, 4.69) is 40.7 Å². The number of allylic oxidation sites excluding steroid dienone is 2. The van der Waals surface area contributed by atoms with Crippen LogP contribution in [0.1, 0.15) is 92.4 Å². The van der Waals surface area contributed by atoms with Gasteiger partial charge in [0.1, 0.15) is 6.10 Å². The van der Waals surface area contributed by atoms with Crippen LogP contribution in [0.3, 0.4) is 0 Å². The quantitative estimate of drug-likeness (QED) is 0.471. The van der Waals surface area contributed by atoms with E-state index in [1.54, 1.807) is 7.11 Å². The number of ether oxygens (including phenoxy) is 1. The topological polar surface area (TPSA) is 29.5 Å². The van der Waals surface area contributed by atoms with E-state index in [1.165, 1.54) is 57.1 Å². The monoisotopic (exact) mass is 429 g/mol. The molecule has 8 atom stereocenters. The molecule has 3 aliphatic carbocycles. The molecule has 0 bridgehead atoms. The summed E-state index contributed by atoms with van der Waals surface area (Å²) in [5, 5.41) is 0. The third-order valence-electron chi connectivity index (χ3n) is 10.5. The lowest BCUT2D eigenvalue weighted by molar-refractivity contribution is -0.152. The van der Waals surface area contributed by atoms with Gasteiger partial charge in [0, 0.05) is 25.3 Å². The van der Waals surface area contributed by atoms with Crippen LogP contribution >= 0.6 is 0 Å². The van der Waals surface area contributed by atoms with Crippen LogP contribution in [0, 0.1) is 46.3 Å². The highest BCUT2D eigenvalue weighted by molar-refractivity contribution is 5.84. The maximum Gasteiger partial charge on any atom is 0.255 e. The van der Waals surface area contributed by atoms with Gasteiger partial charge < -0.3 is 9.64 Å². The van der Waals surface area contributed by atoms with E-state index in [9.17, 15) is 4.79 Å². The smallest absolute Gasteiger partial charge is 0.255 e. The Balaban J connectivity index is 1.54. The lowest BCUT2D eigenvalue weighted by Gasteiger charge is -2.59. The third-order valence-corrected chi connectivity index (χ3v) is 10.5. The molecule has 31 heavy (non-hydrogen) atoms. The standard InChI is InChI=1S/C28H47NO2/c1-18(2)9-8-10-19(3)21-12-13-22-20-11-14-25-28(5,23(20)15-16-27(21,22)4)17-24(31-7)26(30)29(25)6/h14,18-24H,8-13,15-17H2,1-7H3/t19-,20+,21-,22+,23+,24?,27-,28-/m1/s1. The van der Waals surface area contributed by atoms with Crippen LogP contribution in [-0.2, 0) is 9.53 Å². The lowest BCUT2D eigenvalue weighted by atomic mass is 9.48. The van der Waals surface area contributed by atoms with Gasteiger partial charge >= 0.3 is 0 Å². The van der Waals surface area contributed by atoms with Crippen LogP contribution in [0.2, 0.25) is 0 Å². The molecule has 1 unspecified atom stereocenters. The number of piperidine rings is 1. The Hall–Kier alpha value is -0.830. The van der Waals surface area contributed by atoms with Crippen molar-refractivity contribution in [2.24, 2.45) is 46.3 Å². The molecule has 0 aromatic carbocycles. The Kier molecular flexibility index (Phi) is 6.40. The second-order valence-corrected chi connectivity index (χ2v) is 12.5. The summed E-state index contributed by atoms with van der Waals surface area (Å²) in [5.74, 6) is 5.03. The number of carbonyl (C=O) groups excluding carboxylic acids is 1. The molecule has 0 N–H and O–H groups in total. The zero-order chi connectivity index (χ0) is 22.6. The highest BCUT2D eigenvalue weighted by atomic mass is 16.5. The molecule has 3 heteroatoms. The highest BCUT2D eigenvalue weighted by Crippen LogP contribution is 2.67. The van der Waals surface area contributed by atoms with Gasteiger partial charge in [0.25, 0.3) is 5.91 Å². The van der Waals surface area contributed by atoms with E-state index in [4.69, 9.17) is 4.74 Å². The van der Waals surface area contributed by atoms with Crippen LogP contribution in [0.25, 0.3) is 0 Å². The molecule has 2 saturated carbocycles. The number of likely N-dealkylation sites (tertiary alicyclic amines) is 1. The van der Waals surface area contributed by atoms with Gasteiger partial charge in [-0.2, -0.15) is 0 Å². The molecule has 0 spiro atoms. The predicted molar refractivity (Wildman–Crippen MR) is 127 cm³/mol. The zero-order valence-corrected chi connectivity index (χ0v) is 21.2. The molecule has 0 radical (unpaired) electrons. The molecule has 1 amide bonds. The summed E-state index contributed by atoms with van der Waals surface area (Å²) in [6.07, 6.45) is 13.9. The summed E-state index contributed by atoms with van der Waals surface area (Å²) in [6, 6.07) is 0. The average molecular weight is 430 g/mol. The van der Waals surface area contributed by atoms with Crippen molar-refractivity contribution in [1.82, 2.24) is 4.90 Å². The number of likely N-dealkylation sites (N-methyl/N-ethyl adjacent to an activating group) is 1. The fourth-order valence-corrected chi connectivity index (χ4v) is 8.87. The van der Waals surface area contributed by atoms with Crippen molar-refractivity contribution in [2.45, 2.75) is 98.5 Å². The molecular weight excluding hydrogens is 382 g/mol. The molecule has 1 saturated heterocycles. The van der Waals surface area contributed by atoms with Crippen molar-refractivity contribution in [3.63, 3.8) is 0 Å². The molecule has 0 aromatic heterocycles. The largest absolute Gasteiger partial charge is 0.372 e. The molecule has 4 rings (SSSR count). The summed E-state index contributed by atoms with van der Waals surface area (Å²) in [5.41, 5.74) is 1.87. The molecular formula is C28H47NO2. The summed E-state index contributed by atoms with van der Waals surface area (Å²) in [7, 11) is 3.67. The summed E-state index contributed by atoms with van der Waals surface area (Å²) >= 11 is 0. The molecule has 0 aromatic rings. The van der Waals surface area contributed by atoms with Crippen LogP contribution < -0.4 is 0 Å². The summed E-state index contributed by atoms with van der Waals surface area (Å²) in [4.78, 5) is 14.7. The number of rotatable bonds is 6. The van der Waals surface area contributed by atoms with E-state index in [1.807, 2.05) is 11.9 Å². The molecule has 4 aliphatic rings. The van der Waals surface area contributed by atoms with Gasteiger partial charge in [-0.3, -0.25) is 4.79 Å². The van der Waals surface area contributed by atoms with Crippen molar-refractivity contribution in [2.75, 3.05) is 14.2 Å². The lowest BCUT2D eigenvalue weighted by Crippen LogP contribution is -2.57. The van der Waals surface area contributed by atoms with E-state index in [0.717, 1.165) is 36.0 Å². The van der Waals surface area contributed by atoms with Crippen LogP contribution in [0.15, 0.2) is 11.8 Å². The number of hydrogen-bond acceptors (Lipinski definition) is 2. The van der Waals surface area contributed by atoms with E-state index in [0.29, 0.717) is 11.3 Å². The fourth-order valence-electron chi connectivity index (χ4n) is 8.87. The number of amides is 1. The second-order valence-electron chi connectivity index (χ2n) is 12.5. The fraction of sp³-hybridized carbons (Fsp3) is 0.893. The first-order valence-corrected chi connectivity index (χ1v) is 13.1. The number of fused-ring (bicyclic) bond motifs is 5. The normalized spacial score (nSPS) is 43.4. The van der Waals surface area contributed by atoms with Crippen molar-refractivity contribution in [3.8, 4) is 0 Å². The maximum atomic E-state index is 12.8. The zero-order valence-electron chi connectivity index (χ0n) is 21.2. The SMILES string of the molecule is COC1C[C@@]2(C)C(=CC[C@H]3[C@@H]4CC[C@H]([C@H](C)CCCC(C)C)[C@@]4(C)CC[C@@H]32)N(C)C1=O. The Morgan fingerprint density at radius 3 is 2.55 bits per heavy atom. The van der Waals surface area contributed by atoms with E-state index >= 15 is 0 Å². The van der Waals surface area contributed by atoms with Gasteiger partial charge in [-0.05, 0) is 79.4 Å². The summed E-state index contributed by atoms with van der Waals surface area (Å²) < 4.78 is 5.66. The number of nitrogens with zero attached hydrogens (tertiary/aromatic N) is 1. The number of methoxy groups -OCH3 is 1. The Morgan fingerprint density at radius 1 is 1.13 bits per heavy atom.